The van der Waals surface area contributed by atoms with Crippen molar-refractivity contribution in [2.45, 2.75) is 51.0 Å². The van der Waals surface area contributed by atoms with E-state index in [2.05, 4.69) is 5.32 Å². The van der Waals surface area contributed by atoms with E-state index in [-0.39, 0.29) is 35.2 Å². The lowest BCUT2D eigenvalue weighted by Crippen LogP contribution is -2.47. The van der Waals surface area contributed by atoms with E-state index in [1.54, 1.807) is 12.1 Å². The number of rotatable bonds is 9. The summed E-state index contributed by atoms with van der Waals surface area (Å²) in [6.45, 7) is 8.34. The molecule has 0 fully saturated rings. The Morgan fingerprint density at radius 2 is 1.74 bits per heavy atom. The Morgan fingerprint density at radius 1 is 1.15 bits per heavy atom. The first-order chi connectivity index (χ1) is 12.4. The molecular weight excluding hydrogens is 368 g/mol. The van der Waals surface area contributed by atoms with Gasteiger partial charge in [-0.25, -0.2) is 8.42 Å². The number of likely N-dealkylation sites (N-methyl/N-ethyl adjacent to an activating group) is 1. The van der Waals surface area contributed by atoms with Gasteiger partial charge in [-0.05, 0) is 58.4 Å². The van der Waals surface area contributed by atoms with Crippen LogP contribution < -0.4 is 10.1 Å². The Bertz CT molecular complexity index is 736. The van der Waals surface area contributed by atoms with Gasteiger partial charge in [0.15, 0.2) is 9.84 Å². The van der Waals surface area contributed by atoms with Gasteiger partial charge in [-0.15, -0.1) is 0 Å². The Morgan fingerprint density at radius 3 is 2.22 bits per heavy atom. The summed E-state index contributed by atoms with van der Waals surface area (Å²) in [5.74, 6) is 0.268. The summed E-state index contributed by atoms with van der Waals surface area (Å²) >= 11 is 0. The van der Waals surface area contributed by atoms with Crippen LogP contribution in [0.3, 0.4) is 0 Å². The first-order valence-corrected chi connectivity index (χ1v) is 10.8. The second-order valence-corrected chi connectivity index (χ2v) is 9.42. The molecule has 1 N–H and O–H groups in total. The number of sulfone groups is 1. The molecule has 0 aliphatic heterocycles. The fourth-order valence-electron chi connectivity index (χ4n) is 2.36. The highest BCUT2D eigenvalue weighted by Crippen LogP contribution is 2.16. The second kappa shape index (κ2) is 9.73. The summed E-state index contributed by atoms with van der Waals surface area (Å²) in [6, 6.07) is 6.16. The highest BCUT2D eigenvalue weighted by Gasteiger charge is 2.19. The maximum absolute atomic E-state index is 12.3. The molecule has 0 aliphatic carbocycles. The van der Waals surface area contributed by atoms with Crippen molar-refractivity contribution in [2.24, 2.45) is 0 Å². The number of hydrogen-bond acceptors (Lipinski definition) is 5. The minimum atomic E-state index is -3.23. The minimum Gasteiger partial charge on any atom is -0.494 e. The van der Waals surface area contributed by atoms with E-state index in [1.165, 1.54) is 17.0 Å². The van der Waals surface area contributed by atoms with Crippen LogP contribution in [0.4, 0.5) is 0 Å². The van der Waals surface area contributed by atoms with Crippen LogP contribution in [-0.2, 0) is 19.4 Å². The predicted octanol–water partition coefficient (Wildman–Crippen LogP) is 2.01. The zero-order valence-corrected chi connectivity index (χ0v) is 17.6. The van der Waals surface area contributed by atoms with Gasteiger partial charge < -0.3 is 15.0 Å². The second-order valence-electron chi connectivity index (χ2n) is 7.40. The number of ether oxygens (including phenoxy) is 1. The summed E-state index contributed by atoms with van der Waals surface area (Å²) in [5.41, 5.74) is -0.333. The lowest BCUT2D eigenvalue weighted by molar-refractivity contribution is -0.136. The highest BCUT2D eigenvalue weighted by atomic mass is 32.2. The van der Waals surface area contributed by atoms with Gasteiger partial charge in [-0.3, -0.25) is 9.59 Å². The molecule has 0 saturated heterocycles. The molecule has 2 amide bonds. The lowest BCUT2D eigenvalue weighted by Gasteiger charge is -2.25. The number of nitrogens with zero attached hydrogens (tertiary/aromatic N) is 1. The number of carbonyl (C=O) groups is 2. The van der Waals surface area contributed by atoms with Crippen molar-refractivity contribution in [3.63, 3.8) is 0 Å². The van der Waals surface area contributed by atoms with Gasteiger partial charge >= 0.3 is 0 Å². The van der Waals surface area contributed by atoms with Gasteiger partial charge in [0, 0.05) is 24.8 Å². The summed E-state index contributed by atoms with van der Waals surface area (Å²) < 4.78 is 28.4. The Kier molecular flexibility index (Phi) is 8.27. The van der Waals surface area contributed by atoms with Gasteiger partial charge in [0.05, 0.1) is 18.0 Å². The summed E-state index contributed by atoms with van der Waals surface area (Å²) in [5, 5.41) is 2.84. The highest BCUT2D eigenvalue weighted by molar-refractivity contribution is 7.90. The lowest BCUT2D eigenvalue weighted by atomic mass is 10.1. The van der Waals surface area contributed by atoms with Crippen LogP contribution in [0.1, 0.15) is 40.5 Å². The Balaban J connectivity index is 2.41. The molecule has 0 spiro atoms. The summed E-state index contributed by atoms with van der Waals surface area (Å²) in [4.78, 5) is 26.0. The first-order valence-electron chi connectivity index (χ1n) is 8.94. The third-order valence-electron chi connectivity index (χ3n) is 3.64. The van der Waals surface area contributed by atoms with Crippen molar-refractivity contribution >= 4 is 21.7 Å². The smallest absolute Gasteiger partial charge is 0.240 e. The van der Waals surface area contributed by atoms with Crippen molar-refractivity contribution in [2.75, 3.05) is 26.0 Å². The molecule has 1 aromatic rings. The molecule has 0 unspecified atom stereocenters. The number of amides is 2. The molecule has 0 saturated carbocycles. The monoisotopic (exact) mass is 398 g/mol. The average molecular weight is 399 g/mol. The van der Waals surface area contributed by atoms with E-state index in [4.69, 9.17) is 4.74 Å². The van der Waals surface area contributed by atoms with Gasteiger partial charge in [0.25, 0.3) is 0 Å². The van der Waals surface area contributed by atoms with Gasteiger partial charge in [0.1, 0.15) is 5.75 Å². The Hall–Kier alpha value is -2.09. The van der Waals surface area contributed by atoms with E-state index in [1.807, 2.05) is 27.7 Å². The number of hydrogen-bond donors (Lipinski definition) is 1. The van der Waals surface area contributed by atoms with E-state index in [9.17, 15) is 18.0 Å². The number of carbonyl (C=O) groups excluding carboxylic acids is 2. The van der Waals surface area contributed by atoms with E-state index in [0.29, 0.717) is 25.3 Å². The minimum absolute atomic E-state index is 0.0421. The quantitative estimate of drug-likeness (QED) is 0.643. The molecule has 0 bridgehead atoms. The fourth-order valence-corrected chi connectivity index (χ4v) is 2.99. The molecule has 1 rings (SSSR count). The molecule has 0 heterocycles. The van der Waals surface area contributed by atoms with Crippen LogP contribution in [0, 0.1) is 0 Å². The molecule has 1 aromatic carbocycles. The molecule has 7 nitrogen and oxygen atoms in total. The average Bonchev–Trinajstić information content (AvgIpc) is 2.54. The molecular formula is C19H30N2O5S. The molecule has 27 heavy (non-hydrogen) atoms. The van der Waals surface area contributed by atoms with Crippen LogP contribution in [0.15, 0.2) is 29.2 Å². The molecule has 0 atom stereocenters. The standard InChI is InChI=1S/C19H30N2O5S/c1-6-21(14-17(22)20-19(2,3)4)18(23)8-7-13-26-15-9-11-16(12-10-15)27(5,24)25/h9-12H,6-8,13-14H2,1-5H3,(H,20,22). The summed E-state index contributed by atoms with van der Waals surface area (Å²) in [7, 11) is -3.23. The fraction of sp³-hybridized carbons (Fsp3) is 0.579. The number of nitrogens with one attached hydrogen (secondary N) is 1. The van der Waals surface area contributed by atoms with Crippen molar-refractivity contribution < 1.29 is 22.7 Å². The normalized spacial score (nSPS) is 11.7. The van der Waals surface area contributed by atoms with Crippen molar-refractivity contribution in [1.82, 2.24) is 10.2 Å². The van der Waals surface area contributed by atoms with E-state index >= 15 is 0 Å². The van der Waals surface area contributed by atoms with E-state index in [0.717, 1.165) is 6.26 Å². The van der Waals surface area contributed by atoms with Crippen LogP contribution in [0.25, 0.3) is 0 Å². The molecule has 8 heteroatoms. The van der Waals surface area contributed by atoms with Crippen LogP contribution in [0.5, 0.6) is 5.75 Å². The van der Waals surface area contributed by atoms with Crippen LogP contribution in [0.2, 0.25) is 0 Å². The zero-order valence-electron chi connectivity index (χ0n) is 16.7. The van der Waals surface area contributed by atoms with Crippen molar-refractivity contribution in [3.05, 3.63) is 24.3 Å². The zero-order chi connectivity index (χ0) is 20.7. The topological polar surface area (TPSA) is 92.8 Å². The maximum Gasteiger partial charge on any atom is 0.240 e. The first kappa shape index (κ1) is 23.0. The van der Waals surface area contributed by atoms with Crippen LogP contribution in [-0.4, -0.2) is 56.6 Å². The molecule has 0 radical (unpaired) electrons. The molecule has 0 aromatic heterocycles. The van der Waals surface area contributed by atoms with Crippen LogP contribution >= 0.6 is 0 Å². The SMILES string of the molecule is CCN(CC(=O)NC(C)(C)C)C(=O)CCCOc1ccc(S(C)(=O)=O)cc1. The third kappa shape index (κ3) is 8.90. The van der Waals surface area contributed by atoms with Crippen molar-refractivity contribution in [1.29, 1.82) is 0 Å². The van der Waals surface area contributed by atoms with Crippen molar-refractivity contribution in [3.8, 4) is 5.75 Å². The Labute approximate surface area is 162 Å². The molecule has 152 valence electrons. The van der Waals surface area contributed by atoms with E-state index < -0.39 is 9.84 Å². The molecule has 0 aliphatic rings. The van der Waals surface area contributed by atoms with Gasteiger partial charge in [-0.2, -0.15) is 0 Å². The maximum atomic E-state index is 12.3. The number of benzene rings is 1. The summed E-state index contributed by atoms with van der Waals surface area (Å²) in [6.07, 6.45) is 1.93. The van der Waals surface area contributed by atoms with Gasteiger partial charge in [0.2, 0.25) is 11.8 Å². The third-order valence-corrected chi connectivity index (χ3v) is 4.77. The van der Waals surface area contributed by atoms with Gasteiger partial charge in [-0.1, -0.05) is 0 Å². The predicted molar refractivity (Wildman–Crippen MR) is 104 cm³/mol. The largest absolute Gasteiger partial charge is 0.494 e.